The Hall–Kier alpha value is -3.20. The number of aromatic amines is 1. The Kier molecular flexibility index (Phi) is 5.22. The summed E-state index contributed by atoms with van der Waals surface area (Å²) in [7, 11) is 0. The summed E-state index contributed by atoms with van der Waals surface area (Å²) in [4.78, 5) is 44.8. The fraction of sp³-hybridized carbons (Fsp3) is 0.222. The number of rotatable bonds is 5. The Morgan fingerprint density at radius 1 is 1.30 bits per heavy atom. The van der Waals surface area contributed by atoms with E-state index in [1.807, 2.05) is 30.3 Å². The van der Waals surface area contributed by atoms with E-state index < -0.39 is 17.2 Å². The summed E-state index contributed by atoms with van der Waals surface area (Å²) in [5.74, 6) is -0.580. The number of H-pyrrole nitrogens is 1. The van der Waals surface area contributed by atoms with Gasteiger partial charge in [0.2, 0.25) is 0 Å². The standard InChI is InChI=1S/C18H18N4O4S/c1-3-22-16(23)13-10(2)14(27-15(13)20-18(22)25)17(24)26-21-12(19)9-11-7-5-4-6-8-11/h4-8H,3,9H2,1-2H3,(H2,19,21)(H,20,25). The molecule has 0 unspecified atom stereocenters. The summed E-state index contributed by atoms with van der Waals surface area (Å²) in [6.07, 6.45) is 0.341. The molecule has 0 saturated heterocycles. The van der Waals surface area contributed by atoms with Crippen LogP contribution in [0.15, 0.2) is 45.1 Å². The number of nitrogens with one attached hydrogen (secondary N) is 1. The second-order valence-corrected chi connectivity index (χ2v) is 6.88. The molecule has 0 fully saturated rings. The molecular formula is C18H18N4O4S. The smallest absolute Gasteiger partial charge is 0.376 e. The van der Waals surface area contributed by atoms with Gasteiger partial charge in [0.1, 0.15) is 15.5 Å². The highest BCUT2D eigenvalue weighted by Gasteiger charge is 2.21. The number of benzene rings is 1. The van der Waals surface area contributed by atoms with Gasteiger partial charge in [-0.1, -0.05) is 35.5 Å². The number of carbonyl (C=O) groups excluding carboxylic acids is 1. The van der Waals surface area contributed by atoms with E-state index in [1.165, 1.54) is 0 Å². The van der Waals surface area contributed by atoms with Gasteiger partial charge < -0.3 is 10.6 Å². The van der Waals surface area contributed by atoms with E-state index in [1.54, 1.807) is 13.8 Å². The van der Waals surface area contributed by atoms with Gasteiger partial charge in [0.25, 0.3) is 5.56 Å². The van der Waals surface area contributed by atoms with Crippen LogP contribution >= 0.6 is 11.3 Å². The van der Waals surface area contributed by atoms with Crippen molar-refractivity contribution in [3.05, 3.63) is 67.2 Å². The number of aromatic nitrogens is 2. The molecule has 0 saturated carbocycles. The molecule has 0 bridgehead atoms. The third-order valence-corrected chi connectivity index (χ3v) is 5.23. The first-order valence-electron chi connectivity index (χ1n) is 8.26. The zero-order chi connectivity index (χ0) is 19.6. The molecule has 0 radical (unpaired) electrons. The maximum absolute atomic E-state index is 12.5. The lowest BCUT2D eigenvalue weighted by atomic mass is 10.1. The van der Waals surface area contributed by atoms with Crippen LogP contribution in [-0.4, -0.2) is 21.4 Å². The maximum Gasteiger partial charge on any atom is 0.376 e. The maximum atomic E-state index is 12.5. The predicted molar refractivity (Wildman–Crippen MR) is 104 cm³/mol. The Morgan fingerprint density at radius 3 is 2.67 bits per heavy atom. The molecular weight excluding hydrogens is 368 g/mol. The summed E-state index contributed by atoms with van der Waals surface area (Å²) in [5, 5.41) is 3.98. The van der Waals surface area contributed by atoms with Crippen LogP contribution in [0, 0.1) is 6.92 Å². The second-order valence-electron chi connectivity index (χ2n) is 5.86. The van der Waals surface area contributed by atoms with Gasteiger partial charge in [-0.3, -0.25) is 14.3 Å². The van der Waals surface area contributed by atoms with Crippen LogP contribution in [-0.2, 0) is 17.8 Å². The summed E-state index contributed by atoms with van der Waals surface area (Å²) in [5.41, 5.74) is 6.24. The minimum absolute atomic E-state index is 0.148. The Morgan fingerprint density at radius 2 is 2.00 bits per heavy atom. The van der Waals surface area contributed by atoms with Gasteiger partial charge in [-0.05, 0) is 25.0 Å². The van der Waals surface area contributed by atoms with E-state index in [4.69, 9.17) is 10.6 Å². The van der Waals surface area contributed by atoms with Crippen molar-refractivity contribution in [2.75, 3.05) is 0 Å². The van der Waals surface area contributed by atoms with E-state index in [0.29, 0.717) is 22.2 Å². The van der Waals surface area contributed by atoms with Crippen molar-refractivity contribution < 1.29 is 9.63 Å². The van der Waals surface area contributed by atoms with E-state index in [2.05, 4.69) is 10.1 Å². The summed E-state index contributed by atoms with van der Waals surface area (Å²) in [6.45, 7) is 3.56. The van der Waals surface area contributed by atoms with Crippen LogP contribution in [0.25, 0.3) is 10.2 Å². The Bertz CT molecular complexity index is 1140. The van der Waals surface area contributed by atoms with Crippen molar-refractivity contribution in [1.29, 1.82) is 0 Å². The molecule has 140 valence electrons. The van der Waals surface area contributed by atoms with Crippen molar-refractivity contribution >= 4 is 33.4 Å². The Labute approximate surface area is 157 Å². The number of amidine groups is 1. The van der Waals surface area contributed by atoms with Crippen LogP contribution in [0.2, 0.25) is 0 Å². The summed E-state index contributed by atoms with van der Waals surface area (Å²) in [6, 6.07) is 9.40. The van der Waals surface area contributed by atoms with Gasteiger partial charge in [-0.25, -0.2) is 9.59 Å². The largest absolute Gasteiger partial charge is 0.384 e. The van der Waals surface area contributed by atoms with E-state index in [-0.39, 0.29) is 17.3 Å². The minimum atomic E-state index is -0.729. The van der Waals surface area contributed by atoms with Gasteiger partial charge in [-0.15, -0.1) is 11.3 Å². The highest BCUT2D eigenvalue weighted by Crippen LogP contribution is 2.27. The number of carbonyl (C=O) groups is 1. The van der Waals surface area contributed by atoms with Gasteiger partial charge in [0, 0.05) is 13.0 Å². The molecule has 9 heteroatoms. The molecule has 0 aliphatic carbocycles. The van der Waals surface area contributed by atoms with Gasteiger partial charge in [0.15, 0.2) is 0 Å². The number of nitrogens with two attached hydrogens (primary N) is 1. The fourth-order valence-electron chi connectivity index (χ4n) is 2.71. The SMILES string of the molecule is CCn1c(=O)[nH]c2sc(C(=O)O/N=C(\N)Cc3ccccc3)c(C)c2c1=O. The molecule has 3 N–H and O–H groups in total. The molecule has 0 amide bonds. The Balaban J connectivity index is 1.87. The van der Waals surface area contributed by atoms with Crippen LogP contribution in [0.1, 0.15) is 27.7 Å². The molecule has 1 aromatic carbocycles. The van der Waals surface area contributed by atoms with Gasteiger partial charge in [-0.2, -0.15) is 0 Å². The molecule has 8 nitrogen and oxygen atoms in total. The highest BCUT2D eigenvalue weighted by atomic mass is 32.1. The van der Waals surface area contributed by atoms with Crippen LogP contribution in [0.4, 0.5) is 0 Å². The van der Waals surface area contributed by atoms with Crippen molar-refractivity contribution in [3.63, 3.8) is 0 Å². The zero-order valence-corrected chi connectivity index (χ0v) is 15.6. The molecule has 3 rings (SSSR count). The lowest BCUT2D eigenvalue weighted by molar-refractivity contribution is 0.0520. The second kappa shape index (κ2) is 7.58. The van der Waals surface area contributed by atoms with Crippen molar-refractivity contribution in [2.45, 2.75) is 26.8 Å². The molecule has 3 aromatic rings. The number of nitrogens with zero attached hydrogens (tertiary/aromatic N) is 2. The number of thiophene rings is 1. The number of fused-ring (bicyclic) bond motifs is 1. The first-order chi connectivity index (χ1) is 12.9. The topological polar surface area (TPSA) is 120 Å². The number of oxime groups is 1. The number of aryl methyl sites for hydroxylation is 1. The van der Waals surface area contributed by atoms with Crippen molar-refractivity contribution in [1.82, 2.24) is 9.55 Å². The first kappa shape index (κ1) is 18.6. The highest BCUT2D eigenvalue weighted by molar-refractivity contribution is 7.20. The quantitative estimate of drug-likeness (QED) is 0.300. The molecule has 0 aliphatic heterocycles. The van der Waals surface area contributed by atoms with Gasteiger partial charge in [0.05, 0.1) is 5.39 Å². The van der Waals surface area contributed by atoms with Crippen LogP contribution in [0.5, 0.6) is 0 Å². The third-order valence-electron chi connectivity index (χ3n) is 4.05. The average Bonchev–Trinajstić information content (AvgIpc) is 2.97. The zero-order valence-electron chi connectivity index (χ0n) is 14.8. The third kappa shape index (κ3) is 3.68. The lowest BCUT2D eigenvalue weighted by Gasteiger charge is -2.01. The lowest BCUT2D eigenvalue weighted by Crippen LogP contribution is -2.34. The molecule has 0 spiro atoms. The average molecular weight is 386 g/mol. The minimum Gasteiger partial charge on any atom is -0.384 e. The van der Waals surface area contributed by atoms with Crippen LogP contribution < -0.4 is 17.0 Å². The molecule has 2 heterocycles. The van der Waals surface area contributed by atoms with Crippen molar-refractivity contribution in [3.8, 4) is 0 Å². The van der Waals surface area contributed by atoms with E-state index >= 15 is 0 Å². The van der Waals surface area contributed by atoms with E-state index in [0.717, 1.165) is 21.5 Å². The van der Waals surface area contributed by atoms with Gasteiger partial charge >= 0.3 is 11.7 Å². The molecule has 27 heavy (non-hydrogen) atoms. The van der Waals surface area contributed by atoms with Crippen molar-refractivity contribution in [2.24, 2.45) is 10.9 Å². The number of hydrogen-bond acceptors (Lipinski definition) is 6. The normalized spacial score (nSPS) is 11.7. The summed E-state index contributed by atoms with van der Waals surface area (Å²) < 4.78 is 1.08. The summed E-state index contributed by atoms with van der Waals surface area (Å²) >= 11 is 0.982. The fourth-order valence-corrected chi connectivity index (χ4v) is 3.77. The number of hydrogen-bond donors (Lipinski definition) is 2. The molecule has 2 aromatic heterocycles. The van der Waals surface area contributed by atoms with E-state index in [9.17, 15) is 14.4 Å². The predicted octanol–water partition coefficient (Wildman–Crippen LogP) is 1.75. The molecule has 0 aliphatic rings. The monoisotopic (exact) mass is 386 g/mol. The first-order valence-corrected chi connectivity index (χ1v) is 9.07. The van der Waals surface area contributed by atoms with Crippen LogP contribution in [0.3, 0.4) is 0 Å². The molecule has 0 atom stereocenters.